The van der Waals surface area contributed by atoms with Gasteiger partial charge < -0.3 is 9.88 Å². The van der Waals surface area contributed by atoms with E-state index in [2.05, 4.69) is 40.4 Å². The minimum atomic E-state index is -0.242. The van der Waals surface area contributed by atoms with Gasteiger partial charge in [0.25, 0.3) is 0 Å². The Kier molecular flexibility index (Phi) is 4.06. The number of halogens is 1. The van der Waals surface area contributed by atoms with Crippen molar-refractivity contribution >= 4 is 27.7 Å². The maximum absolute atomic E-state index is 13.3. The zero-order chi connectivity index (χ0) is 16.6. The number of hydrogen-bond acceptors (Lipinski definition) is 5. The maximum atomic E-state index is 13.3. The summed E-state index contributed by atoms with van der Waals surface area (Å²) >= 11 is 1.37. The van der Waals surface area contributed by atoms with Gasteiger partial charge in [-0.3, -0.25) is 0 Å². The number of fused-ring (bicyclic) bond motifs is 1. The van der Waals surface area contributed by atoms with Crippen molar-refractivity contribution in [3.8, 4) is 0 Å². The summed E-state index contributed by atoms with van der Waals surface area (Å²) in [6, 6.07) is 4.66. The van der Waals surface area contributed by atoms with Gasteiger partial charge in [-0.15, -0.1) is 0 Å². The van der Waals surface area contributed by atoms with E-state index in [-0.39, 0.29) is 11.2 Å². The first kappa shape index (κ1) is 15.9. The Bertz CT molecular complexity index is 831. The average molecular weight is 333 g/mol. The summed E-state index contributed by atoms with van der Waals surface area (Å²) in [7, 11) is 1.91. The molecule has 3 aromatic rings. The van der Waals surface area contributed by atoms with Crippen LogP contribution in [0, 0.1) is 5.82 Å². The highest BCUT2D eigenvalue weighted by Gasteiger charge is 2.19. The highest BCUT2D eigenvalue weighted by atomic mass is 32.1. The second-order valence-corrected chi connectivity index (χ2v) is 7.32. The summed E-state index contributed by atoms with van der Waals surface area (Å²) < 4.78 is 19.6. The maximum Gasteiger partial charge on any atom is 0.202 e. The first-order valence-electron chi connectivity index (χ1n) is 7.53. The van der Waals surface area contributed by atoms with Crippen molar-refractivity contribution in [3.63, 3.8) is 0 Å². The molecule has 2 heterocycles. The molecule has 0 fully saturated rings. The highest BCUT2D eigenvalue weighted by Crippen LogP contribution is 2.23. The minimum absolute atomic E-state index is 0.0437. The molecular weight excluding hydrogens is 313 g/mol. The summed E-state index contributed by atoms with van der Waals surface area (Å²) in [6.45, 7) is 6.99. The number of anilines is 1. The first-order valence-corrected chi connectivity index (χ1v) is 8.31. The fourth-order valence-electron chi connectivity index (χ4n) is 2.32. The van der Waals surface area contributed by atoms with E-state index in [0.29, 0.717) is 6.54 Å². The molecule has 2 aromatic heterocycles. The van der Waals surface area contributed by atoms with Crippen molar-refractivity contribution in [2.45, 2.75) is 32.6 Å². The molecule has 1 N–H and O–H groups in total. The molecule has 0 aliphatic rings. The van der Waals surface area contributed by atoms with Crippen molar-refractivity contribution in [1.82, 2.24) is 18.9 Å². The van der Waals surface area contributed by atoms with Crippen LogP contribution in [0.15, 0.2) is 18.2 Å². The van der Waals surface area contributed by atoms with Crippen LogP contribution in [0.2, 0.25) is 0 Å². The summed E-state index contributed by atoms with van der Waals surface area (Å²) in [5.41, 5.74) is 1.58. The van der Waals surface area contributed by atoms with Gasteiger partial charge >= 0.3 is 0 Å². The van der Waals surface area contributed by atoms with E-state index < -0.39 is 0 Å². The van der Waals surface area contributed by atoms with Crippen molar-refractivity contribution < 1.29 is 4.39 Å². The lowest BCUT2D eigenvalue weighted by atomic mass is 9.96. The number of benzene rings is 1. The molecule has 122 valence electrons. The molecule has 0 amide bonds. The third-order valence-corrected chi connectivity index (χ3v) is 4.33. The lowest BCUT2D eigenvalue weighted by molar-refractivity contribution is 0.555. The van der Waals surface area contributed by atoms with Gasteiger partial charge in [0.05, 0.1) is 11.0 Å². The topological polar surface area (TPSA) is 55.6 Å². The Labute approximate surface area is 138 Å². The van der Waals surface area contributed by atoms with Gasteiger partial charge in [-0.2, -0.15) is 4.37 Å². The number of imidazole rings is 1. The molecule has 0 aliphatic carbocycles. The lowest BCUT2D eigenvalue weighted by Crippen LogP contribution is -2.13. The molecule has 0 unspecified atom stereocenters. The SMILES string of the molecule is Cn1c(CCNc2nc(C(C)(C)C)ns2)nc2ccc(F)cc21. The van der Waals surface area contributed by atoms with Gasteiger partial charge in [-0.25, -0.2) is 14.4 Å². The normalized spacial score (nSPS) is 12.0. The van der Waals surface area contributed by atoms with Crippen molar-refractivity contribution in [2.24, 2.45) is 7.05 Å². The van der Waals surface area contributed by atoms with Crippen molar-refractivity contribution in [3.05, 3.63) is 35.7 Å². The lowest BCUT2D eigenvalue weighted by Gasteiger charge is -2.12. The molecule has 0 bridgehead atoms. The molecule has 5 nitrogen and oxygen atoms in total. The number of hydrogen-bond donors (Lipinski definition) is 1. The van der Waals surface area contributed by atoms with Gasteiger partial charge in [0.15, 0.2) is 0 Å². The van der Waals surface area contributed by atoms with Crippen LogP contribution in [0.5, 0.6) is 0 Å². The zero-order valence-corrected chi connectivity index (χ0v) is 14.5. The Morgan fingerprint density at radius 1 is 1.26 bits per heavy atom. The molecule has 7 heteroatoms. The van der Waals surface area contributed by atoms with Gasteiger partial charge in [0.1, 0.15) is 17.5 Å². The summed E-state index contributed by atoms with van der Waals surface area (Å²) in [5.74, 6) is 1.52. The summed E-state index contributed by atoms with van der Waals surface area (Å²) in [6.07, 6.45) is 0.733. The number of rotatable bonds is 4. The number of aryl methyl sites for hydroxylation is 1. The smallest absolute Gasteiger partial charge is 0.202 e. The summed E-state index contributed by atoms with van der Waals surface area (Å²) in [5, 5.41) is 4.11. The van der Waals surface area contributed by atoms with Crippen LogP contribution in [0.3, 0.4) is 0 Å². The van der Waals surface area contributed by atoms with Crippen LogP contribution in [-0.4, -0.2) is 25.5 Å². The van der Waals surface area contributed by atoms with Crippen molar-refractivity contribution in [2.75, 3.05) is 11.9 Å². The van der Waals surface area contributed by atoms with E-state index in [9.17, 15) is 4.39 Å². The Hall–Kier alpha value is -2.02. The molecule has 23 heavy (non-hydrogen) atoms. The van der Waals surface area contributed by atoms with E-state index in [1.165, 1.54) is 23.7 Å². The predicted octanol–water partition coefficient (Wildman–Crippen LogP) is 3.52. The Morgan fingerprint density at radius 2 is 2.04 bits per heavy atom. The zero-order valence-electron chi connectivity index (χ0n) is 13.7. The third-order valence-electron chi connectivity index (χ3n) is 3.66. The predicted molar refractivity (Wildman–Crippen MR) is 91.5 cm³/mol. The molecular formula is C16H20FN5S. The van der Waals surface area contributed by atoms with Crippen LogP contribution >= 0.6 is 11.5 Å². The van der Waals surface area contributed by atoms with Crippen LogP contribution in [0.4, 0.5) is 9.52 Å². The van der Waals surface area contributed by atoms with E-state index in [1.54, 1.807) is 6.07 Å². The number of aromatic nitrogens is 4. The van der Waals surface area contributed by atoms with Crippen LogP contribution in [-0.2, 0) is 18.9 Å². The molecule has 3 rings (SSSR count). The Balaban J connectivity index is 1.67. The monoisotopic (exact) mass is 333 g/mol. The largest absolute Gasteiger partial charge is 0.360 e. The van der Waals surface area contributed by atoms with Gasteiger partial charge in [-0.1, -0.05) is 20.8 Å². The second-order valence-electron chi connectivity index (χ2n) is 6.57. The molecule has 0 saturated heterocycles. The minimum Gasteiger partial charge on any atom is -0.360 e. The van der Waals surface area contributed by atoms with Crippen molar-refractivity contribution in [1.29, 1.82) is 0 Å². The first-order chi connectivity index (χ1) is 10.8. The van der Waals surface area contributed by atoms with Gasteiger partial charge in [0, 0.05) is 37.0 Å². The summed E-state index contributed by atoms with van der Waals surface area (Å²) in [4.78, 5) is 9.06. The molecule has 1 aromatic carbocycles. The van der Waals surface area contributed by atoms with Crippen LogP contribution < -0.4 is 5.32 Å². The standard InChI is InChI=1S/C16H20FN5S/c1-16(2,3)14-20-15(23-21-14)18-8-7-13-19-11-6-5-10(17)9-12(11)22(13)4/h5-6,9H,7-8H2,1-4H3,(H,18,20,21). The number of nitrogens with zero attached hydrogens (tertiary/aromatic N) is 4. The van der Waals surface area contributed by atoms with E-state index in [1.807, 2.05) is 11.6 Å². The third kappa shape index (κ3) is 3.34. The van der Waals surface area contributed by atoms with E-state index in [0.717, 1.165) is 34.2 Å². The fourth-order valence-corrected chi connectivity index (χ4v) is 3.10. The highest BCUT2D eigenvalue weighted by molar-refractivity contribution is 7.09. The van der Waals surface area contributed by atoms with Crippen LogP contribution in [0.1, 0.15) is 32.4 Å². The average Bonchev–Trinajstić information content (AvgIpc) is 3.06. The molecule has 0 atom stereocenters. The second kappa shape index (κ2) is 5.88. The molecule has 0 saturated carbocycles. The van der Waals surface area contributed by atoms with E-state index >= 15 is 0 Å². The van der Waals surface area contributed by atoms with Gasteiger partial charge in [0.2, 0.25) is 5.13 Å². The quantitative estimate of drug-likeness (QED) is 0.794. The fraction of sp³-hybridized carbons (Fsp3) is 0.438. The Morgan fingerprint density at radius 3 is 2.74 bits per heavy atom. The molecule has 0 spiro atoms. The number of nitrogens with one attached hydrogen (secondary N) is 1. The van der Waals surface area contributed by atoms with Crippen LogP contribution in [0.25, 0.3) is 11.0 Å². The van der Waals surface area contributed by atoms with E-state index in [4.69, 9.17) is 0 Å². The molecule has 0 aliphatic heterocycles. The van der Waals surface area contributed by atoms with Gasteiger partial charge in [-0.05, 0) is 18.2 Å². The molecule has 0 radical (unpaired) electrons.